The molecule has 136 valence electrons. The number of aromatic nitrogens is 4. The van der Waals surface area contributed by atoms with Gasteiger partial charge >= 0.3 is 5.97 Å². The number of aryl methyl sites for hydroxylation is 2. The summed E-state index contributed by atoms with van der Waals surface area (Å²) >= 11 is 11.9. The average molecular weight is 416 g/mol. The van der Waals surface area contributed by atoms with E-state index in [0.717, 1.165) is 0 Å². The number of benzene rings is 1. The SMILES string of the molecule is Cc1cc(C)n2nc(S(=O)(=O)Nc3c(Cl)ccc(C(=O)O)c3Cl)nc2n1. The van der Waals surface area contributed by atoms with Gasteiger partial charge in [-0.15, -0.1) is 5.10 Å². The molecule has 0 unspecified atom stereocenters. The molecule has 12 heteroatoms. The van der Waals surface area contributed by atoms with Gasteiger partial charge in [-0.2, -0.15) is 13.4 Å². The highest BCUT2D eigenvalue weighted by Gasteiger charge is 2.25. The van der Waals surface area contributed by atoms with Crippen molar-refractivity contribution in [3.63, 3.8) is 0 Å². The van der Waals surface area contributed by atoms with Crippen LogP contribution in [0.25, 0.3) is 5.78 Å². The molecular formula is C14H11Cl2N5O4S. The van der Waals surface area contributed by atoms with E-state index in [4.69, 9.17) is 28.3 Å². The third-order valence-corrected chi connectivity index (χ3v) is 5.23. The number of rotatable bonds is 4. The molecule has 0 aliphatic carbocycles. The molecule has 0 saturated heterocycles. The number of carboxylic acid groups (broad SMARTS) is 1. The molecule has 0 amide bonds. The maximum Gasteiger partial charge on any atom is 0.337 e. The Kier molecular flexibility index (Phi) is 4.51. The monoisotopic (exact) mass is 415 g/mol. The van der Waals surface area contributed by atoms with E-state index < -0.39 is 21.1 Å². The second-order valence-electron chi connectivity index (χ2n) is 5.34. The predicted octanol–water partition coefficient (Wildman–Crippen LogP) is 2.55. The van der Waals surface area contributed by atoms with Crippen molar-refractivity contribution >= 4 is 50.7 Å². The molecule has 0 aliphatic heterocycles. The van der Waals surface area contributed by atoms with Gasteiger partial charge in [0.25, 0.3) is 21.0 Å². The molecule has 0 fully saturated rings. The largest absolute Gasteiger partial charge is 0.478 e. The molecule has 2 heterocycles. The Balaban J connectivity index is 2.09. The molecule has 0 bridgehead atoms. The van der Waals surface area contributed by atoms with E-state index in [1.807, 2.05) is 0 Å². The maximum atomic E-state index is 12.6. The first-order chi connectivity index (χ1) is 12.1. The van der Waals surface area contributed by atoms with Crippen molar-refractivity contribution in [2.45, 2.75) is 19.0 Å². The molecule has 3 rings (SSSR count). The van der Waals surface area contributed by atoms with Crippen LogP contribution in [-0.2, 0) is 10.0 Å². The lowest BCUT2D eigenvalue weighted by Gasteiger charge is -2.10. The van der Waals surface area contributed by atoms with Crippen molar-refractivity contribution in [2.75, 3.05) is 4.72 Å². The highest BCUT2D eigenvalue weighted by atomic mass is 35.5. The topological polar surface area (TPSA) is 127 Å². The lowest BCUT2D eigenvalue weighted by molar-refractivity contribution is 0.0697. The molecule has 2 aromatic heterocycles. The first kappa shape index (κ1) is 18.4. The quantitative estimate of drug-likeness (QED) is 0.669. The number of carboxylic acids is 1. The first-order valence-corrected chi connectivity index (χ1v) is 9.29. The third-order valence-electron chi connectivity index (χ3n) is 3.40. The molecule has 26 heavy (non-hydrogen) atoms. The molecule has 3 aromatic rings. The molecule has 1 aromatic carbocycles. The summed E-state index contributed by atoms with van der Waals surface area (Å²) in [6, 6.07) is 4.11. The smallest absolute Gasteiger partial charge is 0.337 e. The van der Waals surface area contributed by atoms with E-state index in [1.54, 1.807) is 19.9 Å². The summed E-state index contributed by atoms with van der Waals surface area (Å²) in [6.07, 6.45) is 0. The van der Waals surface area contributed by atoms with Crippen molar-refractivity contribution in [3.8, 4) is 0 Å². The fraction of sp³-hybridized carbons (Fsp3) is 0.143. The van der Waals surface area contributed by atoms with E-state index in [9.17, 15) is 13.2 Å². The lowest BCUT2D eigenvalue weighted by atomic mass is 10.2. The van der Waals surface area contributed by atoms with Crippen LogP contribution in [-0.4, -0.2) is 39.1 Å². The van der Waals surface area contributed by atoms with Crippen LogP contribution in [0.15, 0.2) is 23.4 Å². The molecule has 0 atom stereocenters. The van der Waals surface area contributed by atoms with Crippen LogP contribution in [0.5, 0.6) is 0 Å². The van der Waals surface area contributed by atoms with Gasteiger partial charge in [0.15, 0.2) is 0 Å². The summed E-state index contributed by atoms with van der Waals surface area (Å²) in [6.45, 7) is 3.47. The molecular weight excluding hydrogens is 405 g/mol. The van der Waals surface area contributed by atoms with Crippen LogP contribution in [0, 0.1) is 13.8 Å². The van der Waals surface area contributed by atoms with Gasteiger partial charge in [-0.1, -0.05) is 23.2 Å². The van der Waals surface area contributed by atoms with Crippen LogP contribution in [0.4, 0.5) is 5.69 Å². The normalized spacial score (nSPS) is 11.7. The van der Waals surface area contributed by atoms with E-state index in [1.165, 1.54) is 16.6 Å². The standard InChI is InChI=1S/C14H11Cl2N5O4S/c1-6-5-7(2)21-13(17-6)18-14(19-21)26(24,25)20-11-9(15)4-3-8(10(11)16)12(22)23/h3-5,20H,1-2H3,(H,22,23). The Labute approximate surface area is 157 Å². The number of hydrogen-bond donors (Lipinski definition) is 2. The van der Waals surface area contributed by atoms with Gasteiger partial charge in [0.05, 0.1) is 21.3 Å². The van der Waals surface area contributed by atoms with Crippen LogP contribution >= 0.6 is 23.2 Å². The minimum atomic E-state index is -4.29. The van der Waals surface area contributed by atoms with Gasteiger partial charge in [0, 0.05) is 11.4 Å². The summed E-state index contributed by atoms with van der Waals surface area (Å²) in [7, 11) is -4.29. The number of halogens is 2. The fourth-order valence-corrected chi connectivity index (χ4v) is 3.87. The zero-order valence-corrected chi connectivity index (χ0v) is 15.7. The average Bonchev–Trinajstić information content (AvgIpc) is 2.96. The number of aromatic carboxylic acids is 1. The van der Waals surface area contributed by atoms with Crippen molar-refractivity contribution in [3.05, 3.63) is 45.2 Å². The van der Waals surface area contributed by atoms with Crippen molar-refractivity contribution in [1.82, 2.24) is 19.6 Å². The van der Waals surface area contributed by atoms with E-state index in [0.29, 0.717) is 11.4 Å². The zero-order chi connectivity index (χ0) is 19.2. The van der Waals surface area contributed by atoms with Crippen molar-refractivity contribution in [1.29, 1.82) is 0 Å². The Morgan fingerprint density at radius 1 is 1.23 bits per heavy atom. The Morgan fingerprint density at radius 2 is 1.92 bits per heavy atom. The van der Waals surface area contributed by atoms with E-state index in [-0.39, 0.29) is 27.1 Å². The van der Waals surface area contributed by atoms with E-state index in [2.05, 4.69) is 19.8 Å². The second kappa shape index (κ2) is 6.38. The predicted molar refractivity (Wildman–Crippen MR) is 94.5 cm³/mol. The molecule has 0 saturated carbocycles. The summed E-state index contributed by atoms with van der Waals surface area (Å²) < 4.78 is 28.6. The lowest BCUT2D eigenvalue weighted by Crippen LogP contribution is -2.16. The van der Waals surface area contributed by atoms with Crippen LogP contribution in [0.3, 0.4) is 0 Å². The van der Waals surface area contributed by atoms with Crippen LogP contribution in [0.1, 0.15) is 21.7 Å². The molecule has 9 nitrogen and oxygen atoms in total. The Hall–Kier alpha value is -2.43. The molecule has 0 radical (unpaired) electrons. The second-order valence-corrected chi connectivity index (χ2v) is 7.70. The van der Waals surface area contributed by atoms with Crippen molar-refractivity contribution in [2.24, 2.45) is 0 Å². The number of hydrogen-bond acceptors (Lipinski definition) is 6. The van der Waals surface area contributed by atoms with Gasteiger partial charge in [-0.25, -0.2) is 14.3 Å². The van der Waals surface area contributed by atoms with Crippen molar-refractivity contribution < 1.29 is 18.3 Å². The number of fused-ring (bicyclic) bond motifs is 1. The van der Waals surface area contributed by atoms with E-state index >= 15 is 0 Å². The van der Waals surface area contributed by atoms with Gasteiger partial charge in [0.1, 0.15) is 0 Å². The maximum absolute atomic E-state index is 12.6. The third kappa shape index (κ3) is 3.18. The number of nitrogens with zero attached hydrogens (tertiary/aromatic N) is 4. The molecule has 2 N–H and O–H groups in total. The van der Waals surface area contributed by atoms with Gasteiger partial charge in [-0.3, -0.25) is 4.72 Å². The summed E-state index contributed by atoms with van der Waals surface area (Å²) in [4.78, 5) is 19.2. The summed E-state index contributed by atoms with van der Waals surface area (Å²) in [5, 5.41) is 12.1. The number of carbonyl (C=O) groups is 1. The Bertz CT molecular complexity index is 1160. The zero-order valence-electron chi connectivity index (χ0n) is 13.4. The van der Waals surface area contributed by atoms with Crippen LogP contribution in [0.2, 0.25) is 10.0 Å². The number of nitrogens with one attached hydrogen (secondary N) is 1. The minimum Gasteiger partial charge on any atom is -0.478 e. The van der Waals surface area contributed by atoms with Gasteiger partial charge < -0.3 is 5.11 Å². The Morgan fingerprint density at radius 3 is 2.58 bits per heavy atom. The first-order valence-electron chi connectivity index (χ1n) is 7.05. The van der Waals surface area contributed by atoms with Crippen LogP contribution < -0.4 is 4.72 Å². The number of anilines is 1. The highest BCUT2D eigenvalue weighted by Crippen LogP contribution is 2.34. The summed E-state index contributed by atoms with van der Waals surface area (Å²) in [5.74, 6) is -1.22. The summed E-state index contributed by atoms with van der Waals surface area (Å²) in [5.41, 5.74) is 0.725. The highest BCUT2D eigenvalue weighted by molar-refractivity contribution is 7.92. The molecule has 0 aliphatic rings. The van der Waals surface area contributed by atoms with Gasteiger partial charge in [0.2, 0.25) is 0 Å². The minimum absolute atomic E-state index is 0.0718. The fourth-order valence-electron chi connectivity index (χ4n) is 2.25. The van der Waals surface area contributed by atoms with Gasteiger partial charge in [-0.05, 0) is 32.0 Å². The molecule has 0 spiro atoms. The number of sulfonamides is 1.